The molecule has 0 saturated carbocycles. The van der Waals surface area contributed by atoms with Crippen molar-refractivity contribution in [2.45, 2.75) is 23.5 Å². The largest absolute Gasteiger partial charge is 0.469 e. The van der Waals surface area contributed by atoms with Crippen molar-refractivity contribution < 1.29 is 9.53 Å². The fourth-order valence-electron chi connectivity index (χ4n) is 1.20. The molecule has 1 aromatic carbocycles. The summed E-state index contributed by atoms with van der Waals surface area (Å²) in [5.74, 6) is -0.200. The van der Waals surface area contributed by atoms with Crippen molar-refractivity contribution >= 4 is 17.7 Å². The Hall–Kier alpha value is -1.47. The Morgan fingerprint density at radius 1 is 1.50 bits per heavy atom. The first-order valence-corrected chi connectivity index (χ1v) is 5.77. The van der Waals surface area contributed by atoms with E-state index in [4.69, 9.17) is 5.26 Å². The van der Waals surface area contributed by atoms with Gasteiger partial charge in [-0.1, -0.05) is 6.92 Å². The maximum atomic E-state index is 11.0. The molecule has 3 nitrogen and oxygen atoms in total. The lowest BCUT2D eigenvalue weighted by Gasteiger charge is -2.09. The zero-order valence-electron chi connectivity index (χ0n) is 9.27. The molecular formula is C12H13NO2S. The number of carbonyl (C=O) groups excluding carboxylic acids is 1. The van der Waals surface area contributed by atoms with Gasteiger partial charge in [0, 0.05) is 10.1 Å². The molecule has 0 spiro atoms. The van der Waals surface area contributed by atoms with Gasteiger partial charge in [-0.3, -0.25) is 4.79 Å². The van der Waals surface area contributed by atoms with E-state index in [1.54, 1.807) is 23.9 Å². The van der Waals surface area contributed by atoms with Gasteiger partial charge in [0.15, 0.2) is 0 Å². The fourth-order valence-corrected chi connectivity index (χ4v) is 2.18. The van der Waals surface area contributed by atoms with Gasteiger partial charge in [0.2, 0.25) is 0 Å². The van der Waals surface area contributed by atoms with E-state index in [9.17, 15) is 4.79 Å². The molecule has 0 aliphatic rings. The number of hydrogen-bond acceptors (Lipinski definition) is 4. The van der Waals surface area contributed by atoms with Gasteiger partial charge in [-0.2, -0.15) is 5.26 Å². The smallest absolute Gasteiger partial charge is 0.306 e. The Morgan fingerprint density at radius 3 is 2.62 bits per heavy atom. The summed E-state index contributed by atoms with van der Waals surface area (Å²) in [6.45, 7) is 1.97. The monoisotopic (exact) mass is 235 g/mol. The summed E-state index contributed by atoms with van der Waals surface area (Å²) in [5, 5.41) is 8.81. The normalized spacial score (nSPS) is 11.6. The Kier molecular flexibility index (Phi) is 4.87. The molecule has 84 valence electrons. The highest BCUT2D eigenvalue weighted by atomic mass is 32.2. The summed E-state index contributed by atoms with van der Waals surface area (Å²) in [4.78, 5) is 12.1. The maximum absolute atomic E-state index is 11.0. The number of thioether (sulfide) groups is 1. The van der Waals surface area contributed by atoms with Crippen molar-refractivity contribution in [3.8, 4) is 6.07 Å². The first kappa shape index (κ1) is 12.6. The van der Waals surface area contributed by atoms with Crippen LogP contribution in [0.25, 0.3) is 0 Å². The third-order valence-corrected chi connectivity index (χ3v) is 3.12. The van der Waals surface area contributed by atoms with Crippen molar-refractivity contribution in [3.05, 3.63) is 29.8 Å². The lowest BCUT2D eigenvalue weighted by molar-refractivity contribution is -0.140. The van der Waals surface area contributed by atoms with Crippen LogP contribution in [0, 0.1) is 11.3 Å². The van der Waals surface area contributed by atoms with E-state index in [1.165, 1.54) is 7.11 Å². The molecular weight excluding hydrogens is 222 g/mol. The first-order chi connectivity index (χ1) is 7.65. The van der Waals surface area contributed by atoms with Gasteiger partial charge in [-0.05, 0) is 24.3 Å². The lowest BCUT2D eigenvalue weighted by Crippen LogP contribution is -2.08. The molecule has 1 aromatic rings. The standard InChI is InChI=1S/C12H13NO2S/c1-9(7-12(14)15-2)16-11-5-3-10(8-13)4-6-11/h3-6,9H,7H2,1-2H3. The number of hydrogen-bond donors (Lipinski definition) is 0. The highest BCUT2D eigenvalue weighted by molar-refractivity contribution is 8.00. The van der Waals surface area contributed by atoms with Crippen molar-refractivity contribution in [2.75, 3.05) is 7.11 Å². The molecule has 0 aliphatic carbocycles. The zero-order valence-corrected chi connectivity index (χ0v) is 10.1. The highest BCUT2D eigenvalue weighted by Crippen LogP contribution is 2.25. The molecule has 16 heavy (non-hydrogen) atoms. The average Bonchev–Trinajstić information content (AvgIpc) is 2.29. The minimum absolute atomic E-state index is 0.167. The Bertz CT molecular complexity index is 394. The predicted octanol–water partition coefficient (Wildman–Crippen LogP) is 2.60. The number of nitrogens with zero attached hydrogens (tertiary/aromatic N) is 1. The van der Waals surface area contributed by atoms with Crippen LogP contribution in [0.4, 0.5) is 0 Å². The summed E-state index contributed by atoms with van der Waals surface area (Å²) >= 11 is 1.60. The van der Waals surface area contributed by atoms with Crippen molar-refractivity contribution in [3.63, 3.8) is 0 Å². The van der Waals surface area contributed by atoms with Crippen LogP contribution in [0.1, 0.15) is 18.9 Å². The summed E-state index contributed by atoms with van der Waals surface area (Å²) in [7, 11) is 1.39. The number of methoxy groups -OCH3 is 1. The van der Waals surface area contributed by atoms with Crippen LogP contribution in [-0.2, 0) is 9.53 Å². The van der Waals surface area contributed by atoms with Crippen molar-refractivity contribution in [1.29, 1.82) is 5.26 Å². The zero-order chi connectivity index (χ0) is 12.0. The van der Waals surface area contributed by atoms with Crippen molar-refractivity contribution in [1.82, 2.24) is 0 Å². The second-order valence-corrected chi connectivity index (χ2v) is 4.86. The molecule has 0 radical (unpaired) electrons. The molecule has 4 heteroatoms. The molecule has 0 saturated heterocycles. The fraction of sp³-hybridized carbons (Fsp3) is 0.333. The highest BCUT2D eigenvalue weighted by Gasteiger charge is 2.10. The Labute approximate surface area is 99.4 Å². The molecule has 0 N–H and O–H groups in total. The topological polar surface area (TPSA) is 50.1 Å². The third kappa shape index (κ3) is 3.95. The van der Waals surface area contributed by atoms with Crippen LogP contribution in [0.3, 0.4) is 0 Å². The summed E-state index contributed by atoms with van der Waals surface area (Å²) < 4.78 is 4.60. The van der Waals surface area contributed by atoms with E-state index in [-0.39, 0.29) is 11.2 Å². The third-order valence-electron chi connectivity index (χ3n) is 2.00. The number of benzene rings is 1. The molecule has 0 aromatic heterocycles. The van der Waals surface area contributed by atoms with Gasteiger partial charge < -0.3 is 4.74 Å². The number of rotatable bonds is 4. The molecule has 0 fully saturated rings. The number of nitriles is 1. The van der Waals surface area contributed by atoms with Gasteiger partial charge in [0.25, 0.3) is 0 Å². The van der Waals surface area contributed by atoms with Gasteiger partial charge in [-0.25, -0.2) is 0 Å². The number of esters is 1. The van der Waals surface area contributed by atoms with E-state index in [2.05, 4.69) is 10.8 Å². The molecule has 0 aliphatic heterocycles. The van der Waals surface area contributed by atoms with Crippen LogP contribution in [0.2, 0.25) is 0 Å². The van der Waals surface area contributed by atoms with Gasteiger partial charge >= 0.3 is 5.97 Å². The van der Waals surface area contributed by atoms with Crippen LogP contribution in [0.15, 0.2) is 29.2 Å². The number of ether oxygens (including phenoxy) is 1. The average molecular weight is 235 g/mol. The minimum atomic E-state index is -0.200. The molecule has 0 amide bonds. The van der Waals surface area contributed by atoms with Crippen LogP contribution in [0.5, 0.6) is 0 Å². The maximum Gasteiger partial charge on any atom is 0.306 e. The van der Waals surface area contributed by atoms with E-state index >= 15 is 0 Å². The summed E-state index contributed by atoms with van der Waals surface area (Å²) in [6, 6.07) is 9.38. The van der Waals surface area contributed by atoms with Gasteiger partial charge in [0.05, 0.1) is 25.2 Å². The molecule has 1 unspecified atom stereocenters. The van der Waals surface area contributed by atoms with Crippen LogP contribution >= 0.6 is 11.8 Å². The Morgan fingerprint density at radius 2 is 2.12 bits per heavy atom. The van der Waals surface area contributed by atoms with Crippen LogP contribution < -0.4 is 0 Å². The van der Waals surface area contributed by atoms with Gasteiger partial charge in [0.1, 0.15) is 0 Å². The van der Waals surface area contributed by atoms with Crippen molar-refractivity contribution in [2.24, 2.45) is 0 Å². The quantitative estimate of drug-likeness (QED) is 0.594. The second kappa shape index (κ2) is 6.19. The van der Waals surface area contributed by atoms with E-state index < -0.39 is 0 Å². The summed E-state index contributed by atoms with van der Waals surface area (Å²) in [5.41, 5.74) is 0.643. The predicted molar refractivity (Wildman–Crippen MR) is 63.1 cm³/mol. The SMILES string of the molecule is COC(=O)CC(C)Sc1ccc(C#N)cc1. The summed E-state index contributed by atoms with van der Waals surface area (Å²) in [6.07, 6.45) is 0.390. The first-order valence-electron chi connectivity index (χ1n) is 4.89. The second-order valence-electron chi connectivity index (χ2n) is 3.34. The molecule has 1 rings (SSSR count). The van der Waals surface area contributed by atoms with Gasteiger partial charge in [-0.15, -0.1) is 11.8 Å². The lowest BCUT2D eigenvalue weighted by atomic mass is 10.2. The molecule has 1 atom stereocenters. The molecule has 0 bridgehead atoms. The van der Waals surface area contributed by atoms with E-state index in [0.29, 0.717) is 12.0 Å². The van der Waals surface area contributed by atoms with Crippen LogP contribution in [-0.4, -0.2) is 18.3 Å². The Balaban J connectivity index is 2.53. The van der Waals surface area contributed by atoms with E-state index in [0.717, 1.165) is 4.90 Å². The van der Waals surface area contributed by atoms with E-state index in [1.807, 2.05) is 19.1 Å². The minimum Gasteiger partial charge on any atom is -0.469 e. The number of carbonyl (C=O) groups is 1. The molecule has 0 heterocycles.